The van der Waals surface area contributed by atoms with Gasteiger partial charge in [-0.2, -0.15) is 0 Å². The summed E-state index contributed by atoms with van der Waals surface area (Å²) in [7, 11) is 5.57. The molecule has 0 amide bonds. The summed E-state index contributed by atoms with van der Waals surface area (Å²) in [6.07, 6.45) is 3.62. The van der Waals surface area contributed by atoms with Gasteiger partial charge in [-0.05, 0) is 50.6 Å². The van der Waals surface area contributed by atoms with Gasteiger partial charge in [0.15, 0.2) is 11.5 Å². The van der Waals surface area contributed by atoms with Crippen LogP contribution in [0.2, 0.25) is 0 Å². The number of likely N-dealkylation sites (N-methyl/N-ethyl adjacent to an activating group) is 1. The van der Waals surface area contributed by atoms with Crippen LogP contribution in [-0.2, 0) is 6.42 Å². The normalized spacial score (nSPS) is 19.1. The largest absolute Gasteiger partial charge is 0.493 e. The molecule has 1 fully saturated rings. The SMILES string of the molecule is COc1ccc(CCN(C)[C@H]2CCCNC2)cc1OC. The van der Waals surface area contributed by atoms with Crippen molar-refractivity contribution in [1.29, 1.82) is 0 Å². The van der Waals surface area contributed by atoms with Gasteiger partial charge in [0.2, 0.25) is 0 Å². The third-order valence-electron chi connectivity index (χ3n) is 4.10. The molecule has 1 atom stereocenters. The lowest BCUT2D eigenvalue weighted by Crippen LogP contribution is -2.44. The van der Waals surface area contributed by atoms with E-state index in [0.29, 0.717) is 6.04 Å². The molecule has 1 aromatic carbocycles. The van der Waals surface area contributed by atoms with Crippen LogP contribution in [0.25, 0.3) is 0 Å². The zero-order valence-corrected chi connectivity index (χ0v) is 12.8. The van der Waals surface area contributed by atoms with Crippen molar-refractivity contribution >= 4 is 0 Å². The molecule has 0 aliphatic carbocycles. The number of hydrogen-bond acceptors (Lipinski definition) is 4. The molecule has 1 N–H and O–H groups in total. The molecule has 0 unspecified atom stereocenters. The van der Waals surface area contributed by atoms with E-state index in [9.17, 15) is 0 Å². The number of methoxy groups -OCH3 is 2. The van der Waals surface area contributed by atoms with E-state index >= 15 is 0 Å². The van der Waals surface area contributed by atoms with E-state index in [2.05, 4.69) is 29.4 Å². The summed E-state index contributed by atoms with van der Waals surface area (Å²) >= 11 is 0. The molecule has 4 heteroatoms. The minimum atomic E-state index is 0.670. The molecule has 1 heterocycles. The Bertz CT molecular complexity index is 417. The first kappa shape index (κ1) is 15.1. The fraction of sp³-hybridized carbons (Fsp3) is 0.625. The van der Waals surface area contributed by atoms with Crippen molar-refractivity contribution in [3.8, 4) is 11.5 Å². The molecule has 0 spiro atoms. The molecule has 0 radical (unpaired) electrons. The minimum Gasteiger partial charge on any atom is -0.493 e. The predicted molar refractivity (Wildman–Crippen MR) is 81.8 cm³/mol. The second-order valence-electron chi connectivity index (χ2n) is 5.42. The van der Waals surface area contributed by atoms with Crippen molar-refractivity contribution in [3.63, 3.8) is 0 Å². The minimum absolute atomic E-state index is 0.670. The summed E-state index contributed by atoms with van der Waals surface area (Å²) in [5.74, 6) is 1.60. The van der Waals surface area contributed by atoms with Crippen LogP contribution in [0.15, 0.2) is 18.2 Å². The number of nitrogens with one attached hydrogen (secondary N) is 1. The van der Waals surface area contributed by atoms with Crippen molar-refractivity contribution in [2.24, 2.45) is 0 Å². The molecule has 1 saturated heterocycles. The first-order valence-corrected chi connectivity index (χ1v) is 7.36. The van der Waals surface area contributed by atoms with E-state index in [-0.39, 0.29) is 0 Å². The van der Waals surface area contributed by atoms with Gasteiger partial charge in [0.05, 0.1) is 14.2 Å². The fourth-order valence-electron chi connectivity index (χ4n) is 2.73. The Hall–Kier alpha value is -1.26. The van der Waals surface area contributed by atoms with Gasteiger partial charge in [0.1, 0.15) is 0 Å². The van der Waals surface area contributed by atoms with E-state index in [0.717, 1.165) is 31.0 Å². The molecule has 2 rings (SSSR count). The summed E-state index contributed by atoms with van der Waals surface area (Å²) in [6.45, 7) is 3.35. The summed E-state index contributed by atoms with van der Waals surface area (Å²) in [6, 6.07) is 6.85. The Balaban J connectivity index is 1.89. The summed E-state index contributed by atoms with van der Waals surface area (Å²) in [4.78, 5) is 2.46. The van der Waals surface area contributed by atoms with Gasteiger partial charge in [0.25, 0.3) is 0 Å². The maximum absolute atomic E-state index is 5.35. The molecule has 0 bridgehead atoms. The van der Waals surface area contributed by atoms with Crippen LogP contribution in [-0.4, -0.2) is 51.8 Å². The Morgan fingerprint density at radius 1 is 1.25 bits per heavy atom. The van der Waals surface area contributed by atoms with Crippen molar-refractivity contribution < 1.29 is 9.47 Å². The number of benzene rings is 1. The lowest BCUT2D eigenvalue weighted by molar-refractivity contribution is 0.205. The number of rotatable bonds is 6. The highest BCUT2D eigenvalue weighted by atomic mass is 16.5. The lowest BCUT2D eigenvalue weighted by Gasteiger charge is -2.31. The Morgan fingerprint density at radius 3 is 2.70 bits per heavy atom. The third-order valence-corrected chi connectivity index (χ3v) is 4.10. The van der Waals surface area contributed by atoms with Crippen LogP contribution in [0.1, 0.15) is 18.4 Å². The molecule has 112 valence electrons. The first-order chi connectivity index (χ1) is 9.74. The molecule has 0 saturated carbocycles. The van der Waals surface area contributed by atoms with Crippen LogP contribution >= 0.6 is 0 Å². The van der Waals surface area contributed by atoms with Gasteiger partial charge in [0, 0.05) is 19.1 Å². The topological polar surface area (TPSA) is 33.7 Å². The zero-order valence-electron chi connectivity index (χ0n) is 12.8. The lowest BCUT2D eigenvalue weighted by atomic mass is 10.1. The van der Waals surface area contributed by atoms with Gasteiger partial charge in [-0.3, -0.25) is 0 Å². The monoisotopic (exact) mass is 278 g/mol. The highest BCUT2D eigenvalue weighted by molar-refractivity contribution is 5.42. The maximum atomic E-state index is 5.35. The van der Waals surface area contributed by atoms with E-state index in [1.54, 1.807) is 14.2 Å². The summed E-state index contributed by atoms with van der Waals surface area (Å²) < 4.78 is 10.6. The number of hydrogen-bond donors (Lipinski definition) is 1. The Morgan fingerprint density at radius 2 is 2.05 bits per heavy atom. The quantitative estimate of drug-likeness (QED) is 0.862. The number of ether oxygens (including phenoxy) is 2. The molecule has 1 aliphatic heterocycles. The van der Waals surface area contributed by atoms with E-state index in [4.69, 9.17) is 9.47 Å². The van der Waals surface area contributed by atoms with Crippen LogP contribution in [0.5, 0.6) is 11.5 Å². The molecular formula is C16H26N2O2. The number of piperidine rings is 1. The van der Waals surface area contributed by atoms with Crippen LogP contribution in [0.4, 0.5) is 0 Å². The highest BCUT2D eigenvalue weighted by Gasteiger charge is 2.17. The van der Waals surface area contributed by atoms with Crippen molar-refractivity contribution in [1.82, 2.24) is 10.2 Å². The standard InChI is InChI=1S/C16H26N2O2/c1-18(14-5-4-9-17-12-14)10-8-13-6-7-15(19-2)16(11-13)20-3/h6-7,11,14,17H,4-5,8-10,12H2,1-3H3/t14-/m0/s1. The van der Waals surface area contributed by atoms with E-state index in [1.807, 2.05) is 6.07 Å². The molecule has 1 aliphatic rings. The Labute approximate surface area is 122 Å². The predicted octanol–water partition coefficient (Wildman–Crippen LogP) is 1.93. The fourth-order valence-corrected chi connectivity index (χ4v) is 2.73. The second-order valence-corrected chi connectivity index (χ2v) is 5.42. The van der Waals surface area contributed by atoms with Crippen LogP contribution in [0, 0.1) is 0 Å². The van der Waals surface area contributed by atoms with Gasteiger partial charge >= 0.3 is 0 Å². The first-order valence-electron chi connectivity index (χ1n) is 7.36. The van der Waals surface area contributed by atoms with E-state index in [1.165, 1.54) is 24.9 Å². The number of nitrogens with zero attached hydrogens (tertiary/aromatic N) is 1. The van der Waals surface area contributed by atoms with Gasteiger partial charge in [-0.25, -0.2) is 0 Å². The summed E-state index contributed by atoms with van der Waals surface area (Å²) in [5.41, 5.74) is 1.29. The molecule has 0 aromatic heterocycles. The average molecular weight is 278 g/mol. The molecular weight excluding hydrogens is 252 g/mol. The third kappa shape index (κ3) is 3.87. The van der Waals surface area contributed by atoms with Crippen molar-refractivity contribution in [2.45, 2.75) is 25.3 Å². The van der Waals surface area contributed by atoms with Crippen LogP contribution in [0.3, 0.4) is 0 Å². The Kier molecular flexibility index (Phi) is 5.68. The van der Waals surface area contributed by atoms with Crippen molar-refractivity contribution in [3.05, 3.63) is 23.8 Å². The molecule has 20 heavy (non-hydrogen) atoms. The molecule has 1 aromatic rings. The highest BCUT2D eigenvalue weighted by Crippen LogP contribution is 2.27. The smallest absolute Gasteiger partial charge is 0.160 e. The zero-order chi connectivity index (χ0) is 14.4. The van der Waals surface area contributed by atoms with E-state index < -0.39 is 0 Å². The van der Waals surface area contributed by atoms with Crippen LogP contribution < -0.4 is 14.8 Å². The van der Waals surface area contributed by atoms with Gasteiger partial charge in [-0.15, -0.1) is 0 Å². The van der Waals surface area contributed by atoms with Crippen molar-refractivity contribution in [2.75, 3.05) is 40.9 Å². The maximum Gasteiger partial charge on any atom is 0.160 e. The summed E-state index contributed by atoms with van der Waals surface area (Å²) in [5, 5.41) is 3.47. The second kappa shape index (κ2) is 7.50. The van der Waals surface area contributed by atoms with Gasteiger partial charge < -0.3 is 19.7 Å². The average Bonchev–Trinajstić information content (AvgIpc) is 2.53. The van der Waals surface area contributed by atoms with Gasteiger partial charge in [-0.1, -0.05) is 6.07 Å². The molecule has 4 nitrogen and oxygen atoms in total.